The molecule has 0 saturated heterocycles. The predicted molar refractivity (Wildman–Crippen MR) is 51.7 cm³/mol. The Kier molecular flexibility index (Phi) is 3.16. The van der Waals surface area contributed by atoms with Gasteiger partial charge in [-0.25, -0.2) is 0 Å². The number of nitrogens with zero attached hydrogens (tertiary/aromatic N) is 2. The minimum absolute atomic E-state index is 0.126. The molecule has 0 atom stereocenters. The first-order valence-corrected chi connectivity index (χ1v) is 4.14. The molecule has 0 bridgehead atoms. The second-order valence-electron chi connectivity index (χ2n) is 3.07. The normalized spacial score (nSPS) is 10.5. The Bertz CT molecular complexity index is 421. The van der Waals surface area contributed by atoms with Crippen LogP contribution < -0.4 is 0 Å². The molecule has 0 saturated carbocycles. The number of nitro benzene ring substituents is 2. The van der Waals surface area contributed by atoms with Gasteiger partial charge in [0.25, 0.3) is 11.4 Å². The lowest BCUT2D eigenvalue weighted by Crippen LogP contribution is -2.02. The van der Waals surface area contributed by atoms with Crippen molar-refractivity contribution in [3.63, 3.8) is 0 Å². The van der Waals surface area contributed by atoms with Crippen molar-refractivity contribution in [1.82, 2.24) is 0 Å². The van der Waals surface area contributed by atoms with Crippen molar-refractivity contribution in [2.24, 2.45) is 0 Å². The molecule has 16 heavy (non-hydrogen) atoms. The molecule has 0 aliphatic carbocycles. The third-order valence-electron chi connectivity index (χ3n) is 2.07. The number of hydrogen-bond acceptors (Lipinski definition) is 6. The summed E-state index contributed by atoms with van der Waals surface area (Å²) in [5, 5.41) is 38.9. The van der Waals surface area contributed by atoms with Gasteiger partial charge in [0.1, 0.15) is 5.56 Å². The maximum atomic E-state index is 10.6. The quantitative estimate of drug-likeness (QED) is 0.447. The van der Waals surface area contributed by atoms with Gasteiger partial charge < -0.3 is 10.2 Å². The van der Waals surface area contributed by atoms with E-state index in [1.54, 1.807) is 0 Å². The third-order valence-corrected chi connectivity index (χ3v) is 2.07. The average Bonchev–Trinajstić information content (AvgIpc) is 2.16. The van der Waals surface area contributed by atoms with Crippen LogP contribution in [0, 0.1) is 27.2 Å². The van der Waals surface area contributed by atoms with E-state index in [0.717, 1.165) is 12.1 Å². The minimum atomic E-state index is -1.99. The number of benzene rings is 1. The monoisotopic (exact) mass is 228 g/mol. The summed E-state index contributed by atoms with van der Waals surface area (Å²) in [5.74, 6) is 0. The van der Waals surface area contributed by atoms with Crippen molar-refractivity contribution in [2.75, 3.05) is 0 Å². The minimum Gasteiger partial charge on any atom is -0.364 e. The summed E-state index contributed by atoms with van der Waals surface area (Å²) in [6.45, 7) is 1.23. The lowest BCUT2D eigenvalue weighted by molar-refractivity contribution is -0.395. The van der Waals surface area contributed by atoms with Crippen LogP contribution in [0.15, 0.2) is 12.1 Å². The van der Waals surface area contributed by atoms with Gasteiger partial charge in [-0.05, 0) is 6.92 Å². The molecule has 0 aliphatic heterocycles. The Morgan fingerprint density at radius 1 is 1.12 bits per heavy atom. The molecule has 1 aromatic carbocycles. The molecule has 1 aromatic rings. The maximum Gasteiger partial charge on any atom is 0.279 e. The largest absolute Gasteiger partial charge is 0.364 e. The highest BCUT2D eigenvalue weighted by Crippen LogP contribution is 2.31. The van der Waals surface area contributed by atoms with E-state index in [2.05, 4.69) is 0 Å². The number of aliphatic hydroxyl groups is 2. The Hall–Kier alpha value is -2.06. The number of hydrogen-bond donors (Lipinski definition) is 2. The van der Waals surface area contributed by atoms with E-state index in [4.69, 9.17) is 10.2 Å². The highest BCUT2D eigenvalue weighted by molar-refractivity contribution is 5.55. The molecule has 0 amide bonds. The van der Waals surface area contributed by atoms with E-state index in [0.29, 0.717) is 0 Å². The van der Waals surface area contributed by atoms with Crippen molar-refractivity contribution in [3.05, 3.63) is 43.5 Å². The zero-order chi connectivity index (χ0) is 12.5. The number of aliphatic hydroxyl groups excluding tert-OH is 1. The highest BCUT2D eigenvalue weighted by Gasteiger charge is 2.24. The summed E-state index contributed by atoms with van der Waals surface area (Å²) in [6.07, 6.45) is -1.99. The van der Waals surface area contributed by atoms with Gasteiger partial charge in [0, 0.05) is 17.7 Å². The van der Waals surface area contributed by atoms with E-state index in [9.17, 15) is 20.2 Å². The Morgan fingerprint density at radius 3 is 1.75 bits per heavy atom. The first-order valence-electron chi connectivity index (χ1n) is 4.14. The lowest BCUT2D eigenvalue weighted by Gasteiger charge is -2.05. The van der Waals surface area contributed by atoms with Crippen LogP contribution in [0.25, 0.3) is 0 Å². The molecule has 8 nitrogen and oxygen atoms in total. The number of rotatable bonds is 3. The van der Waals surface area contributed by atoms with Crippen LogP contribution >= 0.6 is 0 Å². The Balaban J connectivity index is 3.51. The average molecular weight is 228 g/mol. The zero-order valence-electron chi connectivity index (χ0n) is 8.15. The van der Waals surface area contributed by atoms with Gasteiger partial charge in [-0.2, -0.15) is 0 Å². The first-order chi connectivity index (χ1) is 7.34. The van der Waals surface area contributed by atoms with Gasteiger partial charge in [0.2, 0.25) is 0 Å². The number of nitro groups is 2. The van der Waals surface area contributed by atoms with E-state index >= 15 is 0 Å². The first kappa shape index (κ1) is 12.0. The zero-order valence-corrected chi connectivity index (χ0v) is 8.15. The summed E-state index contributed by atoms with van der Waals surface area (Å²) >= 11 is 0. The van der Waals surface area contributed by atoms with E-state index < -0.39 is 27.5 Å². The molecular weight excluding hydrogens is 220 g/mol. The summed E-state index contributed by atoms with van der Waals surface area (Å²) in [5.41, 5.74) is -1.45. The van der Waals surface area contributed by atoms with Crippen molar-refractivity contribution in [3.8, 4) is 0 Å². The molecule has 86 valence electrons. The Labute approximate surface area is 89.1 Å². The molecule has 0 fully saturated rings. The second-order valence-corrected chi connectivity index (χ2v) is 3.07. The van der Waals surface area contributed by atoms with Crippen LogP contribution in [0.1, 0.15) is 17.4 Å². The SMILES string of the molecule is Cc1c([N+](=O)[O-])cc(C(O)O)cc1[N+](=O)[O-]. The van der Waals surface area contributed by atoms with Crippen LogP contribution in [0.2, 0.25) is 0 Å². The van der Waals surface area contributed by atoms with Crippen LogP contribution in [0.3, 0.4) is 0 Å². The van der Waals surface area contributed by atoms with Crippen LogP contribution in [-0.4, -0.2) is 20.1 Å². The van der Waals surface area contributed by atoms with Gasteiger partial charge in [-0.1, -0.05) is 0 Å². The molecule has 0 aliphatic rings. The molecule has 0 spiro atoms. The van der Waals surface area contributed by atoms with Crippen molar-refractivity contribution in [1.29, 1.82) is 0 Å². The summed E-state index contributed by atoms with van der Waals surface area (Å²) in [4.78, 5) is 19.6. The molecule has 2 N–H and O–H groups in total. The van der Waals surface area contributed by atoms with E-state index in [-0.39, 0.29) is 11.1 Å². The molecule has 0 heterocycles. The molecule has 0 unspecified atom stereocenters. The van der Waals surface area contributed by atoms with Gasteiger partial charge >= 0.3 is 0 Å². The Morgan fingerprint density at radius 2 is 1.50 bits per heavy atom. The molecule has 1 rings (SSSR count). The van der Waals surface area contributed by atoms with Crippen molar-refractivity contribution in [2.45, 2.75) is 13.2 Å². The molecule has 0 aromatic heterocycles. The smallest absolute Gasteiger partial charge is 0.279 e. The van der Waals surface area contributed by atoms with Gasteiger partial charge in [0.05, 0.1) is 9.85 Å². The highest BCUT2D eigenvalue weighted by atomic mass is 16.6. The van der Waals surface area contributed by atoms with Crippen molar-refractivity contribution < 1.29 is 20.1 Å². The standard InChI is InChI=1S/C8H8N2O6/c1-4-6(9(13)14)2-5(8(11)12)3-7(4)10(15)16/h2-3,8,11-12H,1H3. The van der Waals surface area contributed by atoms with Crippen LogP contribution in [-0.2, 0) is 0 Å². The fraction of sp³-hybridized carbons (Fsp3) is 0.250. The fourth-order valence-electron chi connectivity index (χ4n) is 1.23. The molecule has 0 radical (unpaired) electrons. The molecular formula is C8H8N2O6. The topological polar surface area (TPSA) is 127 Å². The van der Waals surface area contributed by atoms with Gasteiger partial charge in [0.15, 0.2) is 6.29 Å². The van der Waals surface area contributed by atoms with Gasteiger partial charge in [-0.15, -0.1) is 0 Å². The summed E-state index contributed by atoms with van der Waals surface area (Å²) < 4.78 is 0. The third kappa shape index (κ3) is 2.12. The van der Waals surface area contributed by atoms with Crippen LogP contribution in [0.4, 0.5) is 11.4 Å². The summed E-state index contributed by atoms with van der Waals surface area (Å²) in [7, 11) is 0. The van der Waals surface area contributed by atoms with Gasteiger partial charge in [-0.3, -0.25) is 20.2 Å². The summed E-state index contributed by atoms with van der Waals surface area (Å²) in [6, 6.07) is 1.79. The second kappa shape index (κ2) is 4.21. The predicted octanol–water partition coefficient (Wildman–Crippen LogP) is 0.795. The lowest BCUT2D eigenvalue weighted by atomic mass is 10.1. The van der Waals surface area contributed by atoms with E-state index in [1.165, 1.54) is 6.92 Å². The fourth-order valence-corrected chi connectivity index (χ4v) is 1.23. The van der Waals surface area contributed by atoms with E-state index in [1.807, 2.05) is 0 Å². The van der Waals surface area contributed by atoms with Crippen molar-refractivity contribution >= 4 is 11.4 Å². The van der Waals surface area contributed by atoms with Crippen LogP contribution in [0.5, 0.6) is 0 Å². The maximum absolute atomic E-state index is 10.6. The molecule has 8 heteroatoms.